The molecule has 4 aromatic rings. The Morgan fingerprint density at radius 1 is 0.806 bits per heavy atom. The maximum atomic E-state index is 13.4. The van der Waals surface area contributed by atoms with Gasteiger partial charge in [-0.3, -0.25) is 14.9 Å². The number of amides is 2. The summed E-state index contributed by atoms with van der Waals surface area (Å²) in [5, 5.41) is 9.23. The maximum Gasteiger partial charge on any atom is 0.243 e. The minimum Gasteiger partial charge on any atom is -0.356 e. The number of nitrogens with one attached hydrogen (secondary N) is 4. The Bertz CT molecular complexity index is 1160. The molecule has 1 heterocycles. The van der Waals surface area contributed by atoms with E-state index < -0.39 is 12.0 Å². The number of imide groups is 1. The van der Waals surface area contributed by atoms with E-state index in [-0.39, 0.29) is 11.8 Å². The van der Waals surface area contributed by atoms with Crippen LogP contribution in [0, 0.1) is 0 Å². The van der Waals surface area contributed by atoms with Crippen molar-refractivity contribution in [3.63, 3.8) is 0 Å². The van der Waals surface area contributed by atoms with Crippen LogP contribution in [-0.4, -0.2) is 34.4 Å². The molecular weight excluding hydrogens is 450 g/mol. The van der Waals surface area contributed by atoms with Crippen molar-refractivity contribution in [2.75, 3.05) is 11.9 Å². The third-order valence-electron chi connectivity index (χ3n) is 5.95. The highest BCUT2D eigenvalue weighted by atomic mass is 16.2. The minimum absolute atomic E-state index is 0.328. The summed E-state index contributed by atoms with van der Waals surface area (Å²) >= 11 is 0. The van der Waals surface area contributed by atoms with Crippen LogP contribution < -0.4 is 16.0 Å². The van der Waals surface area contributed by atoms with Crippen LogP contribution in [0.2, 0.25) is 0 Å². The number of rotatable bonds is 12. The lowest BCUT2D eigenvalue weighted by Gasteiger charge is -2.21. The van der Waals surface area contributed by atoms with E-state index in [2.05, 4.69) is 25.9 Å². The molecule has 1 atom stereocenters. The van der Waals surface area contributed by atoms with E-state index in [0.717, 1.165) is 23.1 Å². The highest BCUT2D eigenvalue weighted by Crippen LogP contribution is 2.24. The van der Waals surface area contributed by atoms with Gasteiger partial charge in [-0.1, -0.05) is 91.0 Å². The first kappa shape index (κ1) is 24.9. The lowest BCUT2D eigenvalue weighted by atomic mass is 9.90. The fourth-order valence-corrected chi connectivity index (χ4v) is 4.10. The van der Waals surface area contributed by atoms with E-state index in [0.29, 0.717) is 25.5 Å². The topological polar surface area (TPSA) is 98.9 Å². The van der Waals surface area contributed by atoms with Crippen molar-refractivity contribution in [2.24, 2.45) is 0 Å². The number of anilines is 1. The van der Waals surface area contributed by atoms with Crippen molar-refractivity contribution in [1.82, 2.24) is 20.6 Å². The van der Waals surface area contributed by atoms with Crippen molar-refractivity contribution >= 4 is 17.8 Å². The second-order valence-electron chi connectivity index (χ2n) is 8.53. The second-order valence-corrected chi connectivity index (χ2v) is 8.53. The highest BCUT2D eigenvalue weighted by molar-refractivity contribution is 6.01. The molecule has 2 amide bonds. The standard InChI is InChI=1S/C29H31N5O2/c35-27(34-28(36)26(23-13-6-2-7-14-23)24-15-8-3-9-16-24)25(33-21-22-11-4-1-5-12-22)17-10-18-30-29-31-19-20-32-29/h1-9,11-16,19-20,25-26,33H,10,17-18,21H2,(H2,30,31,32)(H,34,35,36)/t25-/m0/s1. The molecule has 36 heavy (non-hydrogen) atoms. The van der Waals surface area contributed by atoms with Crippen molar-refractivity contribution in [3.05, 3.63) is 120 Å². The highest BCUT2D eigenvalue weighted by Gasteiger charge is 2.27. The number of benzene rings is 3. The number of carbonyl (C=O) groups is 2. The lowest BCUT2D eigenvalue weighted by molar-refractivity contribution is -0.132. The Morgan fingerprint density at radius 2 is 1.42 bits per heavy atom. The number of carbonyl (C=O) groups excluding carboxylic acids is 2. The van der Waals surface area contributed by atoms with Crippen LogP contribution >= 0.6 is 0 Å². The van der Waals surface area contributed by atoms with Crippen molar-refractivity contribution in [2.45, 2.75) is 31.3 Å². The molecular formula is C29H31N5O2. The van der Waals surface area contributed by atoms with E-state index in [9.17, 15) is 9.59 Å². The summed E-state index contributed by atoms with van der Waals surface area (Å²) in [5.41, 5.74) is 2.75. The molecule has 0 saturated carbocycles. The number of imidazole rings is 1. The SMILES string of the molecule is O=C(NC(=O)[C@H](CCCNc1ncc[nH]1)NCc1ccccc1)C(c1ccccc1)c1ccccc1. The number of nitrogens with zero attached hydrogens (tertiary/aromatic N) is 1. The molecule has 0 saturated heterocycles. The summed E-state index contributed by atoms with van der Waals surface area (Å²) in [6, 6.07) is 28.4. The van der Waals surface area contributed by atoms with Crippen LogP contribution in [0.3, 0.4) is 0 Å². The third-order valence-corrected chi connectivity index (χ3v) is 5.95. The monoisotopic (exact) mass is 481 g/mol. The van der Waals surface area contributed by atoms with Crippen molar-refractivity contribution in [1.29, 1.82) is 0 Å². The van der Waals surface area contributed by atoms with E-state index in [1.165, 1.54) is 0 Å². The van der Waals surface area contributed by atoms with Crippen LogP contribution in [0.25, 0.3) is 0 Å². The first-order valence-corrected chi connectivity index (χ1v) is 12.2. The average molecular weight is 482 g/mol. The second kappa shape index (κ2) is 13.0. The molecule has 0 aliphatic carbocycles. The van der Waals surface area contributed by atoms with Crippen molar-refractivity contribution in [3.8, 4) is 0 Å². The van der Waals surface area contributed by atoms with E-state index in [1.807, 2.05) is 91.0 Å². The predicted molar refractivity (Wildman–Crippen MR) is 141 cm³/mol. The zero-order valence-electron chi connectivity index (χ0n) is 20.1. The zero-order valence-corrected chi connectivity index (χ0v) is 20.1. The van der Waals surface area contributed by atoms with Crippen LogP contribution in [-0.2, 0) is 16.1 Å². The molecule has 184 valence electrons. The summed E-state index contributed by atoms with van der Waals surface area (Å²) < 4.78 is 0. The Kier molecular flexibility index (Phi) is 9.00. The van der Waals surface area contributed by atoms with Gasteiger partial charge in [0.05, 0.1) is 12.0 Å². The van der Waals surface area contributed by atoms with Gasteiger partial charge in [0.25, 0.3) is 0 Å². The van der Waals surface area contributed by atoms with E-state index in [4.69, 9.17) is 0 Å². The van der Waals surface area contributed by atoms with Gasteiger partial charge in [-0.25, -0.2) is 4.98 Å². The normalized spacial score (nSPS) is 11.7. The molecule has 0 aliphatic rings. The van der Waals surface area contributed by atoms with Crippen LogP contribution in [0.4, 0.5) is 5.95 Å². The quantitative estimate of drug-likeness (QED) is 0.227. The number of hydrogen-bond donors (Lipinski definition) is 4. The maximum absolute atomic E-state index is 13.4. The Labute approximate surface area is 211 Å². The molecule has 1 aromatic heterocycles. The largest absolute Gasteiger partial charge is 0.356 e. The lowest BCUT2D eigenvalue weighted by Crippen LogP contribution is -2.47. The molecule has 0 bridgehead atoms. The Balaban J connectivity index is 1.44. The van der Waals surface area contributed by atoms with Gasteiger partial charge in [-0.05, 0) is 29.5 Å². The van der Waals surface area contributed by atoms with Crippen LogP contribution in [0.5, 0.6) is 0 Å². The van der Waals surface area contributed by atoms with Gasteiger partial charge < -0.3 is 15.6 Å². The zero-order chi connectivity index (χ0) is 25.0. The molecule has 0 unspecified atom stereocenters. The molecule has 7 nitrogen and oxygen atoms in total. The average Bonchev–Trinajstić information content (AvgIpc) is 3.44. The summed E-state index contributed by atoms with van der Waals surface area (Å²) in [6.07, 6.45) is 4.71. The number of H-pyrrole nitrogens is 1. The number of aromatic amines is 1. The van der Waals surface area contributed by atoms with Gasteiger partial charge in [0, 0.05) is 25.5 Å². The minimum atomic E-state index is -0.577. The first-order valence-electron chi connectivity index (χ1n) is 12.2. The molecule has 7 heteroatoms. The molecule has 4 rings (SSSR count). The van der Waals surface area contributed by atoms with Gasteiger partial charge in [-0.2, -0.15) is 0 Å². The summed E-state index contributed by atoms with van der Waals surface area (Å²) in [5.74, 6) is -0.549. The third kappa shape index (κ3) is 7.13. The Morgan fingerprint density at radius 3 is 2.00 bits per heavy atom. The number of hydrogen-bond acceptors (Lipinski definition) is 5. The van der Waals surface area contributed by atoms with E-state index >= 15 is 0 Å². The first-order chi connectivity index (χ1) is 17.7. The summed E-state index contributed by atoms with van der Waals surface area (Å²) in [7, 11) is 0. The van der Waals surface area contributed by atoms with Crippen molar-refractivity contribution < 1.29 is 9.59 Å². The van der Waals surface area contributed by atoms with Crippen LogP contribution in [0.15, 0.2) is 103 Å². The molecule has 3 aromatic carbocycles. The molecule has 0 radical (unpaired) electrons. The molecule has 4 N–H and O–H groups in total. The summed E-state index contributed by atoms with van der Waals surface area (Å²) in [4.78, 5) is 33.9. The van der Waals surface area contributed by atoms with Gasteiger partial charge in [-0.15, -0.1) is 0 Å². The molecule has 0 spiro atoms. The Hall–Kier alpha value is -4.23. The predicted octanol–water partition coefficient (Wildman–Crippen LogP) is 4.24. The van der Waals surface area contributed by atoms with Gasteiger partial charge in [0.1, 0.15) is 0 Å². The summed E-state index contributed by atoms with van der Waals surface area (Å²) in [6.45, 7) is 1.18. The fraction of sp³-hybridized carbons (Fsp3) is 0.207. The fourth-order valence-electron chi connectivity index (χ4n) is 4.10. The van der Waals surface area contributed by atoms with Gasteiger partial charge in [0.15, 0.2) is 5.95 Å². The van der Waals surface area contributed by atoms with Gasteiger partial charge >= 0.3 is 0 Å². The van der Waals surface area contributed by atoms with Crippen LogP contribution in [0.1, 0.15) is 35.4 Å². The van der Waals surface area contributed by atoms with E-state index in [1.54, 1.807) is 12.4 Å². The number of aromatic nitrogens is 2. The molecule has 0 aliphatic heterocycles. The van der Waals surface area contributed by atoms with Gasteiger partial charge in [0.2, 0.25) is 11.8 Å². The smallest absolute Gasteiger partial charge is 0.243 e. The molecule has 0 fully saturated rings.